The van der Waals surface area contributed by atoms with Crippen molar-refractivity contribution in [2.75, 3.05) is 11.1 Å². The fourth-order valence-electron chi connectivity index (χ4n) is 1.56. The third-order valence-corrected chi connectivity index (χ3v) is 3.38. The molecule has 0 aliphatic rings. The summed E-state index contributed by atoms with van der Waals surface area (Å²) in [5.41, 5.74) is 6.94. The van der Waals surface area contributed by atoms with Crippen LogP contribution in [-0.2, 0) is 0 Å². The number of anilines is 3. The normalized spacial score (nSPS) is 11.3. The third-order valence-electron chi connectivity index (χ3n) is 2.48. The highest BCUT2D eigenvalue weighted by Gasteiger charge is 2.30. The van der Waals surface area contributed by atoms with Crippen LogP contribution in [0.15, 0.2) is 36.4 Å². The average molecular weight is 337 g/mol. The lowest BCUT2D eigenvalue weighted by atomic mass is 10.2. The molecule has 0 aliphatic carbocycles. The summed E-state index contributed by atoms with van der Waals surface area (Å²) in [6, 6.07) is 8.38. The molecule has 2 aromatic rings. The molecule has 2 rings (SSSR count). The van der Waals surface area contributed by atoms with Crippen molar-refractivity contribution in [3.63, 3.8) is 0 Å². The third kappa shape index (κ3) is 4.09. The Morgan fingerprint density at radius 1 is 0.952 bits per heavy atom. The second-order valence-corrected chi connectivity index (χ2v) is 4.78. The Labute approximate surface area is 128 Å². The van der Waals surface area contributed by atoms with Crippen LogP contribution in [0.1, 0.15) is 0 Å². The lowest BCUT2D eigenvalue weighted by Gasteiger charge is -2.12. The first kappa shape index (κ1) is 15.6. The molecule has 0 saturated carbocycles. The highest BCUT2D eigenvalue weighted by molar-refractivity contribution is 6.45. The van der Waals surface area contributed by atoms with Crippen LogP contribution in [0, 0.1) is 0 Å². The number of alkyl halides is 3. The summed E-state index contributed by atoms with van der Waals surface area (Å²) in [4.78, 5) is 0. The predicted octanol–water partition coefficient (Wildman–Crippen LogP) is 5.22. The largest absolute Gasteiger partial charge is 0.573 e. The fraction of sp³-hybridized carbons (Fsp3) is 0.0769. The SMILES string of the molecule is Nc1ccc(Nc2ccc(OC(F)(F)F)cc2)c(Cl)c1Cl. The zero-order valence-electron chi connectivity index (χ0n) is 10.3. The van der Waals surface area contributed by atoms with E-state index in [-0.39, 0.29) is 15.8 Å². The molecule has 0 aromatic heterocycles. The van der Waals surface area contributed by atoms with Crippen molar-refractivity contribution in [3.8, 4) is 5.75 Å². The van der Waals surface area contributed by atoms with E-state index in [0.29, 0.717) is 17.1 Å². The summed E-state index contributed by atoms with van der Waals surface area (Å²) in [6.07, 6.45) is -4.72. The first-order valence-electron chi connectivity index (χ1n) is 5.62. The molecule has 0 atom stereocenters. The number of hydrogen-bond donors (Lipinski definition) is 2. The molecule has 0 saturated heterocycles. The van der Waals surface area contributed by atoms with Gasteiger partial charge < -0.3 is 15.8 Å². The summed E-state index contributed by atoms with van der Waals surface area (Å²) in [6.45, 7) is 0. The van der Waals surface area contributed by atoms with Gasteiger partial charge in [-0.1, -0.05) is 23.2 Å². The van der Waals surface area contributed by atoms with Crippen molar-refractivity contribution in [2.24, 2.45) is 0 Å². The molecule has 2 aromatic carbocycles. The second-order valence-electron chi connectivity index (χ2n) is 4.03. The number of ether oxygens (including phenoxy) is 1. The van der Waals surface area contributed by atoms with Crippen LogP contribution in [0.4, 0.5) is 30.2 Å². The van der Waals surface area contributed by atoms with Gasteiger partial charge in [-0.15, -0.1) is 13.2 Å². The van der Waals surface area contributed by atoms with Gasteiger partial charge in [-0.3, -0.25) is 0 Å². The van der Waals surface area contributed by atoms with Gasteiger partial charge in [0.2, 0.25) is 0 Å². The van der Waals surface area contributed by atoms with E-state index in [0.717, 1.165) is 0 Å². The average Bonchev–Trinajstić information content (AvgIpc) is 2.40. The van der Waals surface area contributed by atoms with Gasteiger partial charge in [-0.25, -0.2) is 0 Å². The lowest BCUT2D eigenvalue weighted by molar-refractivity contribution is -0.274. The predicted molar refractivity (Wildman–Crippen MR) is 77.3 cm³/mol. The molecule has 21 heavy (non-hydrogen) atoms. The van der Waals surface area contributed by atoms with Gasteiger partial charge in [0, 0.05) is 5.69 Å². The van der Waals surface area contributed by atoms with E-state index in [2.05, 4.69) is 10.1 Å². The summed E-state index contributed by atoms with van der Waals surface area (Å²) in [5, 5.41) is 3.36. The second kappa shape index (κ2) is 5.91. The van der Waals surface area contributed by atoms with Crippen molar-refractivity contribution >= 4 is 40.3 Å². The van der Waals surface area contributed by atoms with E-state index in [1.807, 2.05) is 0 Å². The number of halogens is 5. The molecule has 0 heterocycles. The van der Waals surface area contributed by atoms with Crippen LogP contribution in [0.3, 0.4) is 0 Å². The smallest absolute Gasteiger partial charge is 0.406 e. The Kier molecular flexibility index (Phi) is 4.39. The van der Waals surface area contributed by atoms with E-state index in [4.69, 9.17) is 28.9 Å². The van der Waals surface area contributed by atoms with E-state index in [1.54, 1.807) is 12.1 Å². The zero-order valence-corrected chi connectivity index (χ0v) is 11.9. The minimum Gasteiger partial charge on any atom is -0.406 e. The van der Waals surface area contributed by atoms with E-state index in [9.17, 15) is 13.2 Å². The monoisotopic (exact) mass is 336 g/mol. The van der Waals surface area contributed by atoms with Crippen LogP contribution >= 0.6 is 23.2 Å². The molecule has 3 nitrogen and oxygen atoms in total. The van der Waals surface area contributed by atoms with Crippen molar-refractivity contribution in [2.45, 2.75) is 6.36 Å². The van der Waals surface area contributed by atoms with E-state index >= 15 is 0 Å². The number of nitrogen functional groups attached to an aromatic ring is 1. The zero-order chi connectivity index (χ0) is 15.6. The van der Waals surface area contributed by atoms with Gasteiger partial charge in [0.05, 0.1) is 21.4 Å². The van der Waals surface area contributed by atoms with Crippen molar-refractivity contribution in [1.82, 2.24) is 0 Å². The van der Waals surface area contributed by atoms with Crippen LogP contribution in [0.2, 0.25) is 10.0 Å². The summed E-state index contributed by atoms with van der Waals surface area (Å²) in [7, 11) is 0. The van der Waals surface area contributed by atoms with Gasteiger partial charge in [0.15, 0.2) is 0 Å². The summed E-state index contributed by atoms with van der Waals surface area (Å²) in [5.74, 6) is -0.311. The van der Waals surface area contributed by atoms with Gasteiger partial charge in [0.25, 0.3) is 0 Å². The lowest BCUT2D eigenvalue weighted by Crippen LogP contribution is -2.16. The van der Waals surface area contributed by atoms with E-state index < -0.39 is 6.36 Å². The maximum absolute atomic E-state index is 12.0. The van der Waals surface area contributed by atoms with Crippen molar-refractivity contribution in [1.29, 1.82) is 0 Å². The molecule has 0 spiro atoms. The van der Waals surface area contributed by atoms with Gasteiger partial charge in [-0.05, 0) is 36.4 Å². The number of rotatable bonds is 3. The summed E-state index contributed by atoms with van der Waals surface area (Å²) >= 11 is 11.9. The number of nitrogens with two attached hydrogens (primary N) is 1. The molecular weight excluding hydrogens is 328 g/mol. The number of benzene rings is 2. The van der Waals surface area contributed by atoms with Gasteiger partial charge >= 0.3 is 6.36 Å². The van der Waals surface area contributed by atoms with Crippen LogP contribution < -0.4 is 15.8 Å². The quantitative estimate of drug-likeness (QED) is 0.755. The number of hydrogen-bond acceptors (Lipinski definition) is 3. The first-order valence-corrected chi connectivity index (χ1v) is 6.38. The molecule has 112 valence electrons. The van der Waals surface area contributed by atoms with Crippen molar-refractivity contribution < 1.29 is 17.9 Å². The van der Waals surface area contributed by atoms with Gasteiger partial charge in [0.1, 0.15) is 5.75 Å². The maximum Gasteiger partial charge on any atom is 0.573 e. The van der Waals surface area contributed by atoms with Gasteiger partial charge in [-0.2, -0.15) is 0 Å². The molecule has 0 fully saturated rings. The minimum absolute atomic E-state index is 0.207. The fourth-order valence-corrected chi connectivity index (χ4v) is 1.94. The first-order chi connectivity index (χ1) is 9.76. The molecular formula is C13H9Cl2F3N2O. The molecule has 0 bridgehead atoms. The molecule has 0 aliphatic heterocycles. The molecule has 0 unspecified atom stereocenters. The molecule has 0 amide bonds. The summed E-state index contributed by atoms with van der Waals surface area (Å²) < 4.78 is 39.9. The highest BCUT2D eigenvalue weighted by Crippen LogP contribution is 2.36. The Balaban J connectivity index is 2.16. The van der Waals surface area contributed by atoms with Crippen LogP contribution in [0.5, 0.6) is 5.75 Å². The molecule has 3 N–H and O–H groups in total. The molecule has 8 heteroatoms. The maximum atomic E-state index is 12.0. The highest BCUT2D eigenvalue weighted by atomic mass is 35.5. The Morgan fingerprint density at radius 3 is 2.14 bits per heavy atom. The minimum atomic E-state index is -4.72. The van der Waals surface area contributed by atoms with E-state index in [1.165, 1.54) is 24.3 Å². The Bertz CT molecular complexity index is 645. The van der Waals surface area contributed by atoms with Crippen molar-refractivity contribution in [3.05, 3.63) is 46.4 Å². The Morgan fingerprint density at radius 2 is 1.57 bits per heavy atom. The standard InChI is InChI=1S/C13H9Cl2F3N2O/c14-11-9(19)5-6-10(12(11)15)20-7-1-3-8(4-2-7)21-13(16,17)18/h1-6,20H,19H2. The topological polar surface area (TPSA) is 47.3 Å². The van der Waals surface area contributed by atoms with Crippen LogP contribution in [-0.4, -0.2) is 6.36 Å². The molecule has 0 radical (unpaired) electrons. The van der Waals surface area contributed by atoms with Crippen LogP contribution in [0.25, 0.3) is 0 Å². The number of nitrogens with one attached hydrogen (secondary N) is 1. The Hall–Kier alpha value is -1.79.